The van der Waals surface area contributed by atoms with Gasteiger partial charge in [-0.2, -0.15) is 5.26 Å². The van der Waals surface area contributed by atoms with Crippen molar-refractivity contribution in [3.05, 3.63) is 35.4 Å². The van der Waals surface area contributed by atoms with E-state index in [4.69, 9.17) is 11.0 Å². The molecule has 0 aliphatic carbocycles. The van der Waals surface area contributed by atoms with Gasteiger partial charge in [0, 0.05) is 6.04 Å². The number of nitrogens with two attached hydrogens (primary N) is 1. The van der Waals surface area contributed by atoms with E-state index in [1.54, 1.807) is 0 Å². The van der Waals surface area contributed by atoms with Crippen molar-refractivity contribution < 1.29 is 0 Å². The number of halogens is 1. The molecule has 0 heterocycles. The molecule has 3 heteroatoms. The highest BCUT2D eigenvalue weighted by atomic mass is 35.5. The maximum absolute atomic E-state index is 8.47. The molecule has 0 aromatic heterocycles. The molecule has 2 nitrogen and oxygen atoms in total. The lowest BCUT2D eigenvalue weighted by atomic mass is 10.0. The van der Waals surface area contributed by atoms with Gasteiger partial charge < -0.3 is 5.73 Å². The van der Waals surface area contributed by atoms with Crippen LogP contribution in [0.3, 0.4) is 0 Å². The third-order valence-electron chi connectivity index (χ3n) is 2.13. The predicted molar refractivity (Wildman–Crippen MR) is 60.2 cm³/mol. The Kier molecular flexibility index (Phi) is 5.94. The van der Waals surface area contributed by atoms with Gasteiger partial charge in [0.25, 0.3) is 0 Å². The van der Waals surface area contributed by atoms with Crippen LogP contribution in [-0.4, -0.2) is 0 Å². The molecule has 1 aromatic carbocycles. The summed E-state index contributed by atoms with van der Waals surface area (Å²) in [7, 11) is 0. The van der Waals surface area contributed by atoms with Crippen LogP contribution in [0.2, 0.25) is 0 Å². The largest absolute Gasteiger partial charge is 0.323 e. The van der Waals surface area contributed by atoms with E-state index in [0.717, 1.165) is 12.0 Å². The number of hydrogen-bond donors (Lipinski definition) is 1. The molecular weight excluding hydrogens is 196 g/mol. The predicted octanol–water partition coefficient (Wildman–Crippen LogP) is 2.58. The van der Waals surface area contributed by atoms with Crippen LogP contribution in [0, 0.1) is 11.3 Å². The zero-order valence-corrected chi connectivity index (χ0v) is 9.05. The van der Waals surface area contributed by atoms with Gasteiger partial charge in [0.2, 0.25) is 0 Å². The topological polar surface area (TPSA) is 49.8 Å². The Hall–Kier alpha value is -1.04. The number of hydrogen-bond acceptors (Lipinski definition) is 2. The van der Waals surface area contributed by atoms with E-state index in [9.17, 15) is 0 Å². The standard InChI is InChI=1S/C11H14N2.ClH/c1-2-9-3-5-10(6-4-9)11(13)7-8-12;/h3-6,11H,2,7,13H2,1H3;1H/t11-;/m1./s1. The van der Waals surface area contributed by atoms with Gasteiger partial charge >= 0.3 is 0 Å². The van der Waals surface area contributed by atoms with E-state index < -0.39 is 0 Å². The molecule has 0 aliphatic heterocycles. The average Bonchev–Trinajstić information content (AvgIpc) is 2.18. The summed E-state index contributed by atoms with van der Waals surface area (Å²) in [6.07, 6.45) is 1.42. The lowest BCUT2D eigenvalue weighted by molar-refractivity contribution is 0.748. The minimum absolute atomic E-state index is 0. The molecule has 1 aromatic rings. The van der Waals surface area contributed by atoms with E-state index >= 15 is 0 Å². The fourth-order valence-electron chi connectivity index (χ4n) is 1.22. The first-order valence-corrected chi connectivity index (χ1v) is 4.49. The second kappa shape index (κ2) is 6.42. The second-order valence-electron chi connectivity index (χ2n) is 3.06. The van der Waals surface area contributed by atoms with Crippen molar-refractivity contribution in [2.75, 3.05) is 0 Å². The summed E-state index contributed by atoms with van der Waals surface area (Å²) in [5, 5.41) is 8.47. The van der Waals surface area contributed by atoms with E-state index in [-0.39, 0.29) is 18.4 Å². The molecule has 0 fully saturated rings. The van der Waals surface area contributed by atoms with Gasteiger partial charge in [-0.25, -0.2) is 0 Å². The Morgan fingerprint density at radius 2 is 1.93 bits per heavy atom. The first-order valence-electron chi connectivity index (χ1n) is 4.49. The van der Waals surface area contributed by atoms with Crippen molar-refractivity contribution in [2.45, 2.75) is 25.8 Å². The maximum atomic E-state index is 8.47. The summed E-state index contributed by atoms with van der Waals surface area (Å²) in [5.74, 6) is 0. The molecule has 0 amide bonds. The van der Waals surface area contributed by atoms with Crippen LogP contribution in [-0.2, 0) is 6.42 Å². The van der Waals surface area contributed by atoms with Crippen LogP contribution in [0.4, 0.5) is 0 Å². The van der Waals surface area contributed by atoms with Crippen LogP contribution in [0.1, 0.15) is 30.5 Å². The first kappa shape index (κ1) is 13.0. The third-order valence-corrected chi connectivity index (χ3v) is 2.13. The van der Waals surface area contributed by atoms with Crippen LogP contribution in [0.5, 0.6) is 0 Å². The molecule has 0 saturated heterocycles. The molecule has 0 aliphatic rings. The summed E-state index contributed by atoms with van der Waals surface area (Å²) in [5.41, 5.74) is 8.11. The monoisotopic (exact) mass is 210 g/mol. The molecular formula is C11H15ClN2. The summed E-state index contributed by atoms with van der Waals surface area (Å²) < 4.78 is 0. The van der Waals surface area contributed by atoms with Crippen molar-refractivity contribution in [3.8, 4) is 6.07 Å². The number of benzene rings is 1. The molecule has 0 unspecified atom stereocenters. The zero-order chi connectivity index (χ0) is 9.68. The quantitative estimate of drug-likeness (QED) is 0.834. The van der Waals surface area contributed by atoms with Gasteiger partial charge in [0.1, 0.15) is 0 Å². The minimum Gasteiger partial charge on any atom is -0.323 e. The molecule has 1 atom stereocenters. The Balaban J connectivity index is 0.00000169. The lowest BCUT2D eigenvalue weighted by Gasteiger charge is -2.07. The average molecular weight is 211 g/mol. The SMILES string of the molecule is CCc1ccc([C@H](N)CC#N)cc1.Cl. The smallest absolute Gasteiger partial charge is 0.0641 e. The molecule has 2 N–H and O–H groups in total. The van der Waals surface area contributed by atoms with Crippen molar-refractivity contribution in [1.82, 2.24) is 0 Å². The van der Waals surface area contributed by atoms with E-state index in [2.05, 4.69) is 25.1 Å². The molecule has 0 radical (unpaired) electrons. The molecule has 1 rings (SSSR count). The highest BCUT2D eigenvalue weighted by Gasteiger charge is 2.03. The van der Waals surface area contributed by atoms with Crippen LogP contribution < -0.4 is 5.73 Å². The maximum Gasteiger partial charge on any atom is 0.0641 e. The fourth-order valence-corrected chi connectivity index (χ4v) is 1.22. The minimum atomic E-state index is -0.143. The number of nitrogens with zero attached hydrogens (tertiary/aromatic N) is 1. The highest BCUT2D eigenvalue weighted by Crippen LogP contribution is 2.14. The summed E-state index contributed by atoms with van der Waals surface area (Å²) in [6.45, 7) is 2.12. The van der Waals surface area contributed by atoms with Crippen molar-refractivity contribution in [3.63, 3.8) is 0 Å². The number of rotatable bonds is 3. The van der Waals surface area contributed by atoms with Gasteiger partial charge in [-0.1, -0.05) is 31.2 Å². The van der Waals surface area contributed by atoms with Gasteiger partial charge in [-0.15, -0.1) is 12.4 Å². The molecule has 76 valence electrons. The number of nitriles is 1. The normalized spacial score (nSPS) is 11.2. The summed E-state index contributed by atoms with van der Waals surface area (Å²) in [4.78, 5) is 0. The van der Waals surface area contributed by atoms with Crippen molar-refractivity contribution in [2.24, 2.45) is 5.73 Å². The molecule has 14 heavy (non-hydrogen) atoms. The van der Waals surface area contributed by atoms with Crippen LogP contribution in [0.25, 0.3) is 0 Å². The summed E-state index contributed by atoms with van der Waals surface area (Å²) in [6, 6.07) is 10.1. The summed E-state index contributed by atoms with van der Waals surface area (Å²) >= 11 is 0. The van der Waals surface area contributed by atoms with E-state index in [1.807, 2.05) is 12.1 Å². The number of aryl methyl sites for hydroxylation is 1. The Morgan fingerprint density at radius 3 is 2.36 bits per heavy atom. The van der Waals surface area contributed by atoms with Gasteiger partial charge in [-0.05, 0) is 17.5 Å². The molecule has 0 saturated carbocycles. The fraction of sp³-hybridized carbons (Fsp3) is 0.364. The van der Waals surface area contributed by atoms with Crippen LogP contribution >= 0.6 is 12.4 Å². The molecule has 0 bridgehead atoms. The van der Waals surface area contributed by atoms with Gasteiger partial charge in [0.15, 0.2) is 0 Å². The van der Waals surface area contributed by atoms with E-state index in [1.165, 1.54) is 5.56 Å². The van der Waals surface area contributed by atoms with Gasteiger partial charge in [-0.3, -0.25) is 0 Å². The molecule has 0 spiro atoms. The lowest BCUT2D eigenvalue weighted by Crippen LogP contribution is -2.08. The second-order valence-corrected chi connectivity index (χ2v) is 3.06. The van der Waals surface area contributed by atoms with Gasteiger partial charge in [0.05, 0.1) is 12.5 Å². The Morgan fingerprint density at radius 1 is 1.36 bits per heavy atom. The Labute approximate surface area is 91.1 Å². The third kappa shape index (κ3) is 3.37. The van der Waals surface area contributed by atoms with E-state index in [0.29, 0.717) is 6.42 Å². The van der Waals surface area contributed by atoms with Crippen molar-refractivity contribution >= 4 is 12.4 Å². The van der Waals surface area contributed by atoms with Crippen LogP contribution in [0.15, 0.2) is 24.3 Å². The first-order chi connectivity index (χ1) is 6.27. The Bertz CT molecular complexity index is 300. The highest BCUT2D eigenvalue weighted by molar-refractivity contribution is 5.85. The zero-order valence-electron chi connectivity index (χ0n) is 8.23. The van der Waals surface area contributed by atoms with Crippen molar-refractivity contribution in [1.29, 1.82) is 5.26 Å².